The van der Waals surface area contributed by atoms with Gasteiger partial charge in [-0.25, -0.2) is 0 Å². The molecule has 0 unspecified atom stereocenters. The van der Waals surface area contributed by atoms with Gasteiger partial charge in [0.1, 0.15) is 22.5 Å². The van der Waals surface area contributed by atoms with Crippen molar-refractivity contribution >= 4 is 111 Å². The smallest absolute Gasteiger partial charge is 0.214 e. The largest absolute Gasteiger partial charge is 0.439 e. The van der Waals surface area contributed by atoms with E-state index in [2.05, 4.69) is 188 Å². The van der Waals surface area contributed by atoms with Crippen molar-refractivity contribution in [1.82, 2.24) is 17.9 Å². The standard InChI is InChI=1S/C54H41ClN4O2/c1-28-20-30(3)50-41(22-28)58-45(26-37-47-35-14-10-8-12-32(35)16-18-43(47)60-52(37)58)56(50)39-24-34(54(5,6)7)25-40(49(39)55)57-46-27-38-48-36-15-11-9-13-33(36)17-19-44(48)61-53(38)59(46)42-23-29(2)21-31(4)51(42)57/h8-27H,1-7H3. The zero-order valence-corrected chi connectivity index (χ0v) is 35.8. The molecule has 0 saturated carbocycles. The Bertz CT molecular complexity index is 3840. The summed E-state index contributed by atoms with van der Waals surface area (Å²) in [5, 5.41) is 9.81. The highest BCUT2D eigenvalue weighted by atomic mass is 35.5. The molecule has 0 atom stereocenters. The molecule has 61 heavy (non-hydrogen) atoms. The summed E-state index contributed by atoms with van der Waals surface area (Å²) >= 11 is 8.07. The van der Waals surface area contributed by atoms with E-state index in [1.807, 2.05) is 0 Å². The third kappa shape index (κ3) is 4.52. The molecule has 7 heteroatoms. The van der Waals surface area contributed by atoms with Crippen LogP contribution < -0.4 is 0 Å². The van der Waals surface area contributed by atoms with Crippen molar-refractivity contribution in [2.45, 2.75) is 53.9 Å². The Morgan fingerprint density at radius 3 is 1.38 bits per heavy atom. The van der Waals surface area contributed by atoms with Gasteiger partial charge in [0.2, 0.25) is 11.4 Å². The van der Waals surface area contributed by atoms with Gasteiger partial charge in [-0.1, -0.05) is 105 Å². The van der Waals surface area contributed by atoms with Gasteiger partial charge in [0, 0.05) is 10.8 Å². The molecule has 7 aromatic carbocycles. The maximum absolute atomic E-state index is 8.07. The molecule has 0 spiro atoms. The monoisotopic (exact) mass is 812 g/mol. The first-order valence-corrected chi connectivity index (χ1v) is 21.4. The summed E-state index contributed by atoms with van der Waals surface area (Å²) in [6, 6.07) is 43.9. The fourth-order valence-corrected chi connectivity index (χ4v) is 10.9. The number of furan rings is 2. The van der Waals surface area contributed by atoms with E-state index in [1.54, 1.807) is 0 Å². The number of hydrogen-bond donors (Lipinski definition) is 0. The molecule has 0 N–H and O–H groups in total. The lowest BCUT2D eigenvalue weighted by molar-refractivity contribution is 0.589. The highest BCUT2D eigenvalue weighted by Crippen LogP contribution is 2.46. The van der Waals surface area contributed by atoms with Gasteiger partial charge < -0.3 is 8.83 Å². The van der Waals surface area contributed by atoms with Crippen molar-refractivity contribution in [3.05, 3.63) is 154 Å². The molecule has 6 heterocycles. The Kier molecular flexibility index (Phi) is 6.69. The van der Waals surface area contributed by atoms with E-state index in [0.717, 1.165) is 88.9 Å². The lowest BCUT2D eigenvalue weighted by Gasteiger charge is -2.24. The molecule has 296 valence electrons. The molecule has 0 amide bonds. The lowest BCUT2D eigenvalue weighted by atomic mass is 9.86. The number of imidazole rings is 2. The van der Waals surface area contributed by atoms with Crippen molar-refractivity contribution in [2.75, 3.05) is 0 Å². The normalized spacial score (nSPS) is 12.9. The molecule has 13 rings (SSSR count). The summed E-state index contributed by atoms with van der Waals surface area (Å²) in [5.41, 5.74) is 17.3. The van der Waals surface area contributed by atoms with Crippen molar-refractivity contribution in [3.8, 4) is 11.4 Å². The third-order valence-electron chi connectivity index (χ3n) is 13.2. The van der Waals surface area contributed by atoms with Gasteiger partial charge in [0.05, 0.1) is 49.2 Å². The molecule has 0 aliphatic carbocycles. The average Bonchev–Trinajstić information content (AvgIpc) is 4.05. The molecular formula is C54H41ClN4O2. The molecule has 0 radical (unpaired) electrons. The summed E-state index contributed by atoms with van der Waals surface area (Å²) in [6.07, 6.45) is 0. The second kappa shape index (κ2) is 11.7. The minimum Gasteiger partial charge on any atom is -0.439 e. The van der Waals surface area contributed by atoms with Crippen LogP contribution in [0, 0.1) is 27.7 Å². The molecule has 0 bridgehead atoms. The summed E-state index contributed by atoms with van der Waals surface area (Å²) in [6.45, 7) is 15.6. The lowest BCUT2D eigenvalue weighted by Crippen LogP contribution is -2.14. The van der Waals surface area contributed by atoms with Crippen LogP contribution >= 0.6 is 11.6 Å². The number of benzene rings is 7. The minimum absolute atomic E-state index is 0.209. The summed E-state index contributed by atoms with van der Waals surface area (Å²) < 4.78 is 23.0. The average molecular weight is 813 g/mol. The summed E-state index contributed by atoms with van der Waals surface area (Å²) in [7, 11) is 0. The second-order valence-corrected chi connectivity index (χ2v) is 18.7. The van der Waals surface area contributed by atoms with Crippen LogP contribution in [-0.2, 0) is 5.41 Å². The van der Waals surface area contributed by atoms with E-state index in [1.165, 1.54) is 49.4 Å². The maximum atomic E-state index is 8.07. The van der Waals surface area contributed by atoms with Crippen LogP contribution in [0.4, 0.5) is 0 Å². The molecule has 6 aromatic heterocycles. The predicted octanol–water partition coefficient (Wildman–Crippen LogP) is 15.4. The number of rotatable bonds is 2. The van der Waals surface area contributed by atoms with Crippen molar-refractivity contribution in [3.63, 3.8) is 0 Å². The zero-order valence-electron chi connectivity index (χ0n) is 35.0. The Labute approximate surface area is 355 Å². The second-order valence-electron chi connectivity index (χ2n) is 18.3. The Morgan fingerprint density at radius 1 is 0.492 bits per heavy atom. The number of nitrogens with zero attached hydrogens (tertiary/aromatic N) is 4. The molecular weight excluding hydrogens is 772 g/mol. The van der Waals surface area contributed by atoms with E-state index < -0.39 is 0 Å². The SMILES string of the molecule is Cc1cc(C)c2c(c1)n1c3oc4ccc5ccccc5c4c3cc1n2-c1cc(C(C)(C)C)cc(-n2c3c(C)cc(C)cc3n3c4oc5ccc6ccccc6c5c4cc23)c1Cl. The first kappa shape index (κ1) is 34.9. The van der Waals surface area contributed by atoms with Crippen LogP contribution in [0.1, 0.15) is 48.6 Å². The Hall–Kier alpha value is -6.89. The van der Waals surface area contributed by atoms with E-state index in [9.17, 15) is 0 Å². The van der Waals surface area contributed by atoms with Crippen LogP contribution in [0.15, 0.2) is 130 Å². The van der Waals surface area contributed by atoms with Gasteiger partial charge in [-0.15, -0.1) is 0 Å². The quantitative estimate of drug-likeness (QED) is 0.174. The van der Waals surface area contributed by atoms with E-state index in [4.69, 9.17) is 20.4 Å². The molecule has 0 saturated heterocycles. The molecule has 6 nitrogen and oxygen atoms in total. The minimum atomic E-state index is -0.209. The van der Waals surface area contributed by atoms with Crippen molar-refractivity contribution in [1.29, 1.82) is 0 Å². The third-order valence-corrected chi connectivity index (χ3v) is 13.6. The van der Waals surface area contributed by atoms with Crippen LogP contribution in [0.5, 0.6) is 0 Å². The first-order valence-electron chi connectivity index (χ1n) is 21.0. The molecule has 13 aromatic rings. The Balaban J connectivity index is 1.19. The topological polar surface area (TPSA) is 45.0 Å². The number of aryl methyl sites for hydroxylation is 4. The van der Waals surface area contributed by atoms with Gasteiger partial charge in [-0.05, 0) is 131 Å². The van der Waals surface area contributed by atoms with E-state index in [0.29, 0.717) is 5.02 Å². The number of halogens is 1. The van der Waals surface area contributed by atoms with Gasteiger partial charge in [0.25, 0.3) is 0 Å². The van der Waals surface area contributed by atoms with Crippen molar-refractivity contribution < 1.29 is 8.83 Å². The number of hydrogen-bond acceptors (Lipinski definition) is 2. The van der Waals surface area contributed by atoms with Gasteiger partial charge in [-0.2, -0.15) is 0 Å². The molecule has 0 aliphatic rings. The predicted molar refractivity (Wildman–Crippen MR) is 254 cm³/mol. The Morgan fingerprint density at radius 2 is 0.934 bits per heavy atom. The number of fused-ring (bicyclic) bond motifs is 18. The summed E-state index contributed by atoms with van der Waals surface area (Å²) in [5.74, 6) is 0. The van der Waals surface area contributed by atoms with E-state index >= 15 is 0 Å². The van der Waals surface area contributed by atoms with Gasteiger partial charge >= 0.3 is 0 Å². The number of aromatic nitrogens is 4. The van der Waals surface area contributed by atoms with Gasteiger partial charge in [-0.3, -0.25) is 17.9 Å². The highest BCUT2D eigenvalue weighted by Gasteiger charge is 2.29. The van der Waals surface area contributed by atoms with Crippen LogP contribution in [-0.4, -0.2) is 17.9 Å². The summed E-state index contributed by atoms with van der Waals surface area (Å²) in [4.78, 5) is 0. The highest BCUT2D eigenvalue weighted by molar-refractivity contribution is 6.35. The molecule has 0 aliphatic heterocycles. The maximum Gasteiger partial charge on any atom is 0.214 e. The fraction of sp³-hybridized carbons (Fsp3) is 0.148. The van der Waals surface area contributed by atoms with Crippen LogP contribution in [0.25, 0.3) is 110 Å². The fourth-order valence-electron chi connectivity index (χ4n) is 10.6. The zero-order chi connectivity index (χ0) is 41.4. The van der Waals surface area contributed by atoms with E-state index in [-0.39, 0.29) is 5.41 Å². The van der Waals surface area contributed by atoms with Crippen molar-refractivity contribution in [2.24, 2.45) is 0 Å². The molecule has 0 fully saturated rings. The van der Waals surface area contributed by atoms with Crippen LogP contribution in [0.3, 0.4) is 0 Å². The van der Waals surface area contributed by atoms with Crippen LogP contribution in [0.2, 0.25) is 5.02 Å². The first-order chi connectivity index (χ1) is 29.4. The van der Waals surface area contributed by atoms with Gasteiger partial charge in [0.15, 0.2) is 0 Å².